The number of rotatable bonds is 3. The lowest BCUT2D eigenvalue weighted by Gasteiger charge is -2.04. The second-order valence-corrected chi connectivity index (χ2v) is 5.65. The maximum atomic E-state index is 6.09. The van der Waals surface area contributed by atoms with Gasteiger partial charge < -0.3 is 4.42 Å². The van der Waals surface area contributed by atoms with Crippen LogP contribution < -0.4 is 5.55 Å². The summed E-state index contributed by atoms with van der Waals surface area (Å²) in [5, 5.41) is 2.27. The van der Waals surface area contributed by atoms with Gasteiger partial charge in [0, 0.05) is 17.5 Å². The molecule has 0 bridgehead atoms. The maximum Gasteiger partial charge on any atom is 0.222 e. The van der Waals surface area contributed by atoms with Gasteiger partial charge in [0.2, 0.25) is 5.55 Å². The second kappa shape index (κ2) is 5.21. The van der Waals surface area contributed by atoms with Crippen molar-refractivity contribution in [2.75, 3.05) is 6.54 Å². The van der Waals surface area contributed by atoms with Crippen LogP contribution in [0.5, 0.6) is 0 Å². The van der Waals surface area contributed by atoms with Gasteiger partial charge in [-0.25, -0.2) is 0 Å². The van der Waals surface area contributed by atoms with Crippen LogP contribution in [0.3, 0.4) is 0 Å². The van der Waals surface area contributed by atoms with Gasteiger partial charge in [-0.3, -0.25) is 4.99 Å². The Hall–Kier alpha value is -2.35. The predicted molar refractivity (Wildman–Crippen MR) is 84.8 cm³/mol. The van der Waals surface area contributed by atoms with E-state index in [9.17, 15) is 0 Å². The number of hydrogen-bond acceptors (Lipinski definition) is 2. The highest BCUT2D eigenvalue weighted by Crippen LogP contribution is 2.29. The molecule has 0 amide bonds. The molecule has 2 aromatic carbocycles. The Bertz CT molecular complexity index is 829. The van der Waals surface area contributed by atoms with E-state index < -0.39 is 0 Å². The Kier molecular flexibility index (Phi) is 3.07. The Morgan fingerprint density at radius 2 is 1.71 bits per heavy atom. The van der Waals surface area contributed by atoms with Crippen molar-refractivity contribution >= 4 is 10.8 Å². The summed E-state index contributed by atoms with van der Waals surface area (Å²) in [6, 6.07) is 20.6. The molecule has 4 rings (SSSR count). The molecular formula is C19H17NO. The van der Waals surface area contributed by atoms with Gasteiger partial charge in [-0.15, -0.1) is 0 Å². The Balaban J connectivity index is 1.91. The van der Waals surface area contributed by atoms with Crippen LogP contribution in [0.4, 0.5) is 0 Å². The molecule has 0 N–H and O–H groups in total. The van der Waals surface area contributed by atoms with E-state index in [4.69, 9.17) is 9.41 Å². The summed E-state index contributed by atoms with van der Waals surface area (Å²) in [6.45, 7) is 0.881. The average Bonchev–Trinajstić information content (AvgIpc) is 3.37. The summed E-state index contributed by atoms with van der Waals surface area (Å²) >= 11 is 0. The van der Waals surface area contributed by atoms with E-state index in [0.717, 1.165) is 34.7 Å². The van der Waals surface area contributed by atoms with Crippen molar-refractivity contribution in [1.29, 1.82) is 0 Å². The molecule has 1 aromatic heterocycles. The van der Waals surface area contributed by atoms with Crippen LogP contribution in [0.1, 0.15) is 12.8 Å². The normalized spacial score (nSPS) is 15.5. The van der Waals surface area contributed by atoms with Gasteiger partial charge in [0.1, 0.15) is 5.76 Å². The third-order valence-electron chi connectivity index (χ3n) is 3.93. The zero-order chi connectivity index (χ0) is 14.1. The van der Waals surface area contributed by atoms with Gasteiger partial charge >= 0.3 is 0 Å². The van der Waals surface area contributed by atoms with Gasteiger partial charge in [0.15, 0.2) is 0 Å². The number of nitrogens with zero attached hydrogens (tertiary/aromatic N) is 1. The first-order valence-corrected chi connectivity index (χ1v) is 7.49. The molecule has 0 radical (unpaired) electrons. The topological polar surface area (TPSA) is 25.5 Å². The molecule has 21 heavy (non-hydrogen) atoms. The Morgan fingerprint density at radius 1 is 0.952 bits per heavy atom. The van der Waals surface area contributed by atoms with Crippen molar-refractivity contribution in [1.82, 2.24) is 0 Å². The van der Waals surface area contributed by atoms with Crippen LogP contribution in [-0.4, -0.2) is 6.54 Å². The molecule has 2 heteroatoms. The summed E-state index contributed by atoms with van der Waals surface area (Å²) < 4.78 is 6.09. The smallest absolute Gasteiger partial charge is 0.222 e. The van der Waals surface area contributed by atoms with E-state index in [1.165, 1.54) is 18.2 Å². The van der Waals surface area contributed by atoms with Crippen LogP contribution >= 0.6 is 0 Å². The molecule has 1 aliphatic rings. The minimum absolute atomic E-state index is 0.763. The summed E-state index contributed by atoms with van der Waals surface area (Å²) in [5.74, 6) is 1.64. The van der Waals surface area contributed by atoms with Gasteiger partial charge in [-0.1, -0.05) is 48.5 Å². The number of hydrogen-bond donors (Lipinski definition) is 0. The standard InChI is InChI=1S/C19H17NO/c1-2-6-15(7-3-1)18-12-16-8-4-5-9-17(16)19(21-18)20-13-14-10-11-14/h1-9,12,14H,10-11,13H2. The third kappa shape index (κ3) is 2.62. The van der Waals surface area contributed by atoms with E-state index in [0.29, 0.717) is 0 Å². The maximum absolute atomic E-state index is 6.09. The minimum atomic E-state index is 0.763. The van der Waals surface area contributed by atoms with Crippen molar-refractivity contribution in [3.8, 4) is 11.3 Å². The highest BCUT2D eigenvalue weighted by atomic mass is 16.3. The fourth-order valence-electron chi connectivity index (χ4n) is 2.52. The summed E-state index contributed by atoms with van der Waals surface area (Å²) in [7, 11) is 0. The van der Waals surface area contributed by atoms with Crippen LogP contribution in [-0.2, 0) is 0 Å². The van der Waals surface area contributed by atoms with Gasteiger partial charge in [-0.05, 0) is 36.3 Å². The molecule has 0 spiro atoms. The molecule has 0 saturated heterocycles. The van der Waals surface area contributed by atoms with Crippen molar-refractivity contribution in [3.63, 3.8) is 0 Å². The average molecular weight is 275 g/mol. The van der Waals surface area contributed by atoms with E-state index >= 15 is 0 Å². The zero-order valence-corrected chi connectivity index (χ0v) is 11.8. The lowest BCUT2D eigenvalue weighted by Crippen LogP contribution is -2.05. The molecule has 0 atom stereocenters. The summed E-state index contributed by atoms with van der Waals surface area (Å²) in [5.41, 5.74) is 1.85. The molecule has 1 aliphatic carbocycles. The molecule has 1 fully saturated rings. The first-order valence-electron chi connectivity index (χ1n) is 7.49. The summed E-state index contributed by atoms with van der Waals surface area (Å²) in [6.07, 6.45) is 2.61. The molecular weight excluding hydrogens is 258 g/mol. The fraction of sp³-hybridized carbons (Fsp3) is 0.211. The predicted octanol–water partition coefficient (Wildman–Crippen LogP) is 4.41. The van der Waals surface area contributed by atoms with E-state index in [1.807, 2.05) is 24.3 Å². The number of fused-ring (bicyclic) bond motifs is 1. The van der Waals surface area contributed by atoms with Crippen LogP contribution in [0, 0.1) is 5.92 Å². The molecule has 2 nitrogen and oxygen atoms in total. The highest BCUT2D eigenvalue weighted by Gasteiger charge is 2.20. The molecule has 0 unspecified atom stereocenters. The van der Waals surface area contributed by atoms with Crippen LogP contribution in [0.15, 0.2) is 70.1 Å². The molecule has 1 saturated carbocycles. The van der Waals surface area contributed by atoms with E-state index in [2.05, 4.69) is 36.4 Å². The SMILES string of the molecule is c1ccc(-c2cc3ccccc3c(=NCC3CC3)o2)cc1. The third-order valence-corrected chi connectivity index (χ3v) is 3.93. The van der Waals surface area contributed by atoms with Crippen molar-refractivity contribution < 1.29 is 4.42 Å². The number of benzene rings is 2. The monoisotopic (exact) mass is 275 g/mol. The van der Waals surface area contributed by atoms with Gasteiger partial charge in [-0.2, -0.15) is 0 Å². The largest absolute Gasteiger partial charge is 0.438 e. The van der Waals surface area contributed by atoms with Crippen molar-refractivity contribution in [2.24, 2.45) is 10.9 Å². The van der Waals surface area contributed by atoms with E-state index in [1.54, 1.807) is 0 Å². The molecule has 1 heterocycles. The zero-order valence-electron chi connectivity index (χ0n) is 11.8. The Labute approximate surface area is 123 Å². The lowest BCUT2D eigenvalue weighted by molar-refractivity contribution is 0.509. The van der Waals surface area contributed by atoms with Crippen LogP contribution in [0.25, 0.3) is 22.1 Å². The van der Waals surface area contributed by atoms with Gasteiger partial charge in [0.05, 0.1) is 0 Å². The lowest BCUT2D eigenvalue weighted by atomic mass is 10.1. The van der Waals surface area contributed by atoms with Gasteiger partial charge in [0.25, 0.3) is 0 Å². The van der Waals surface area contributed by atoms with Crippen molar-refractivity contribution in [3.05, 3.63) is 66.2 Å². The Morgan fingerprint density at radius 3 is 2.52 bits per heavy atom. The fourth-order valence-corrected chi connectivity index (χ4v) is 2.52. The minimum Gasteiger partial charge on any atom is -0.438 e. The van der Waals surface area contributed by atoms with Crippen molar-refractivity contribution in [2.45, 2.75) is 12.8 Å². The first kappa shape index (κ1) is 12.4. The molecule has 0 aliphatic heterocycles. The summed E-state index contributed by atoms with van der Waals surface area (Å²) in [4.78, 5) is 4.72. The second-order valence-electron chi connectivity index (χ2n) is 5.65. The highest BCUT2D eigenvalue weighted by molar-refractivity contribution is 5.83. The van der Waals surface area contributed by atoms with Crippen LogP contribution in [0.2, 0.25) is 0 Å². The first-order chi connectivity index (χ1) is 10.4. The molecule has 3 aromatic rings. The van der Waals surface area contributed by atoms with E-state index in [-0.39, 0.29) is 0 Å². The quantitative estimate of drug-likeness (QED) is 0.695. The molecule has 104 valence electrons.